The van der Waals surface area contributed by atoms with Gasteiger partial charge >= 0.3 is 0 Å². The minimum Gasteiger partial charge on any atom is -0.497 e. The lowest BCUT2D eigenvalue weighted by atomic mass is 10.2. The molecule has 1 heterocycles. The number of aromatic nitrogens is 1. The van der Waals surface area contributed by atoms with E-state index in [-0.39, 0.29) is 5.91 Å². The van der Waals surface area contributed by atoms with Crippen LogP contribution in [0.2, 0.25) is 0 Å². The van der Waals surface area contributed by atoms with Gasteiger partial charge in [0.15, 0.2) is 0 Å². The van der Waals surface area contributed by atoms with Crippen molar-refractivity contribution in [1.29, 1.82) is 0 Å². The highest BCUT2D eigenvalue weighted by Gasteiger charge is 2.10. The van der Waals surface area contributed by atoms with Crippen molar-refractivity contribution in [3.8, 4) is 11.5 Å². The van der Waals surface area contributed by atoms with Crippen LogP contribution in [0.5, 0.6) is 11.5 Å². The molecule has 0 unspecified atom stereocenters. The average Bonchev–Trinajstić information content (AvgIpc) is 2.65. The maximum absolute atomic E-state index is 12.2. The van der Waals surface area contributed by atoms with Gasteiger partial charge in [0.25, 0.3) is 0 Å². The van der Waals surface area contributed by atoms with Gasteiger partial charge in [-0.1, -0.05) is 0 Å². The third kappa shape index (κ3) is 6.08. The normalized spacial score (nSPS) is 10.6. The minimum atomic E-state index is -0.0424. The number of nitrogens with one attached hydrogen (secondary N) is 1. The molecule has 0 aliphatic rings. The van der Waals surface area contributed by atoms with E-state index in [0.29, 0.717) is 30.2 Å². The van der Waals surface area contributed by atoms with Crippen molar-refractivity contribution in [2.24, 2.45) is 0 Å². The molecule has 6 heteroatoms. The number of hydrogen-bond donors (Lipinski definition) is 1. The van der Waals surface area contributed by atoms with Gasteiger partial charge in [0.2, 0.25) is 5.91 Å². The van der Waals surface area contributed by atoms with Crippen molar-refractivity contribution < 1.29 is 14.3 Å². The zero-order chi connectivity index (χ0) is 18.1. The fourth-order valence-electron chi connectivity index (χ4n) is 2.39. The van der Waals surface area contributed by atoms with Crippen molar-refractivity contribution in [1.82, 2.24) is 9.88 Å². The highest BCUT2D eigenvalue weighted by Crippen LogP contribution is 2.29. The molecule has 1 aromatic carbocycles. The summed E-state index contributed by atoms with van der Waals surface area (Å²) in [4.78, 5) is 18.3. The number of carbonyl (C=O) groups excluding carboxylic acids is 1. The molecule has 6 nitrogen and oxygen atoms in total. The van der Waals surface area contributed by atoms with Gasteiger partial charge in [-0.3, -0.25) is 9.78 Å². The van der Waals surface area contributed by atoms with Gasteiger partial charge in [0.05, 0.1) is 19.9 Å². The van der Waals surface area contributed by atoms with E-state index >= 15 is 0 Å². The Balaban J connectivity index is 1.78. The third-order valence-electron chi connectivity index (χ3n) is 3.93. The topological polar surface area (TPSA) is 63.7 Å². The average molecular weight is 343 g/mol. The predicted molar refractivity (Wildman–Crippen MR) is 98.2 cm³/mol. The maximum atomic E-state index is 12.2. The number of carbonyl (C=O) groups is 1. The zero-order valence-corrected chi connectivity index (χ0v) is 15.0. The number of benzene rings is 1. The first-order valence-corrected chi connectivity index (χ1v) is 8.21. The van der Waals surface area contributed by atoms with Gasteiger partial charge in [-0.2, -0.15) is 0 Å². The highest BCUT2D eigenvalue weighted by atomic mass is 16.5. The Morgan fingerprint density at radius 3 is 2.56 bits per heavy atom. The van der Waals surface area contributed by atoms with Crippen LogP contribution in [0, 0.1) is 0 Å². The molecule has 1 N–H and O–H groups in total. The number of nitrogens with zero attached hydrogens (tertiary/aromatic N) is 2. The van der Waals surface area contributed by atoms with E-state index in [2.05, 4.69) is 15.2 Å². The molecule has 0 atom stereocenters. The third-order valence-corrected chi connectivity index (χ3v) is 3.93. The number of hydrogen-bond acceptors (Lipinski definition) is 5. The lowest BCUT2D eigenvalue weighted by molar-refractivity contribution is -0.116. The van der Waals surface area contributed by atoms with Gasteiger partial charge in [0, 0.05) is 38.0 Å². The fourth-order valence-corrected chi connectivity index (χ4v) is 2.39. The summed E-state index contributed by atoms with van der Waals surface area (Å²) in [6.07, 6.45) is 4.95. The van der Waals surface area contributed by atoms with Crippen molar-refractivity contribution in [3.63, 3.8) is 0 Å². The van der Waals surface area contributed by atoms with Gasteiger partial charge in [-0.05, 0) is 43.3 Å². The van der Waals surface area contributed by atoms with E-state index in [1.807, 2.05) is 19.2 Å². The first-order chi connectivity index (χ1) is 12.1. The summed E-state index contributed by atoms with van der Waals surface area (Å²) in [6.45, 7) is 1.58. The highest BCUT2D eigenvalue weighted by molar-refractivity contribution is 5.92. The Bertz CT molecular complexity index is 677. The van der Waals surface area contributed by atoms with Crippen LogP contribution in [0.15, 0.2) is 42.7 Å². The maximum Gasteiger partial charge on any atom is 0.225 e. The summed E-state index contributed by atoms with van der Waals surface area (Å²) in [5.74, 6) is 1.23. The number of ether oxygens (including phenoxy) is 2. The van der Waals surface area contributed by atoms with Gasteiger partial charge < -0.3 is 19.7 Å². The molecule has 1 aromatic heterocycles. The molecule has 0 aliphatic heterocycles. The lowest BCUT2D eigenvalue weighted by Crippen LogP contribution is -2.26. The molecule has 2 rings (SSSR count). The summed E-state index contributed by atoms with van der Waals surface area (Å²) in [7, 11) is 5.18. The van der Waals surface area contributed by atoms with Crippen molar-refractivity contribution in [2.45, 2.75) is 12.8 Å². The van der Waals surface area contributed by atoms with Crippen molar-refractivity contribution in [2.75, 3.05) is 39.7 Å². The molecule has 25 heavy (non-hydrogen) atoms. The fraction of sp³-hybridized carbons (Fsp3) is 0.368. The quantitative estimate of drug-likeness (QED) is 0.758. The van der Waals surface area contributed by atoms with Crippen molar-refractivity contribution >= 4 is 11.6 Å². The molecule has 134 valence electrons. The van der Waals surface area contributed by atoms with E-state index in [4.69, 9.17) is 9.47 Å². The Morgan fingerprint density at radius 2 is 1.88 bits per heavy atom. The van der Waals surface area contributed by atoms with Crippen LogP contribution in [0.3, 0.4) is 0 Å². The standard InChI is InChI=1S/C19H25N3O3/c1-22(12-8-15-6-10-20-11-7-15)13-9-19(23)21-17-5-4-16(24-2)14-18(17)25-3/h4-7,10-11,14H,8-9,12-13H2,1-3H3,(H,21,23). The monoisotopic (exact) mass is 343 g/mol. The lowest BCUT2D eigenvalue weighted by Gasteiger charge is -2.17. The molecule has 0 saturated heterocycles. The molecule has 0 spiro atoms. The summed E-state index contributed by atoms with van der Waals surface area (Å²) in [6, 6.07) is 9.34. The molecular formula is C19H25N3O3. The summed E-state index contributed by atoms with van der Waals surface area (Å²) in [5.41, 5.74) is 1.89. The molecule has 0 radical (unpaired) electrons. The number of anilines is 1. The Labute approximate surface area is 148 Å². The van der Waals surface area contributed by atoms with Crippen LogP contribution < -0.4 is 14.8 Å². The van der Waals surface area contributed by atoms with Gasteiger partial charge in [-0.25, -0.2) is 0 Å². The Hall–Kier alpha value is -2.60. The molecule has 2 aromatic rings. The van der Waals surface area contributed by atoms with Gasteiger partial charge in [-0.15, -0.1) is 0 Å². The molecule has 0 bridgehead atoms. The molecular weight excluding hydrogens is 318 g/mol. The van der Waals surface area contributed by atoms with E-state index < -0.39 is 0 Å². The van der Waals surface area contributed by atoms with Crippen molar-refractivity contribution in [3.05, 3.63) is 48.3 Å². The summed E-state index contributed by atoms with van der Waals surface area (Å²) < 4.78 is 10.4. The predicted octanol–water partition coefficient (Wildman–Crippen LogP) is 2.60. The minimum absolute atomic E-state index is 0.0424. The largest absolute Gasteiger partial charge is 0.497 e. The van der Waals surface area contributed by atoms with Crippen LogP contribution in [-0.4, -0.2) is 50.1 Å². The number of amides is 1. The number of pyridine rings is 1. The number of rotatable bonds is 9. The van der Waals surface area contributed by atoms with Crippen LogP contribution in [0.25, 0.3) is 0 Å². The number of methoxy groups -OCH3 is 2. The molecule has 0 fully saturated rings. The smallest absolute Gasteiger partial charge is 0.225 e. The Morgan fingerprint density at radius 1 is 1.12 bits per heavy atom. The number of likely N-dealkylation sites (N-methyl/N-ethyl adjacent to an activating group) is 1. The van der Waals surface area contributed by atoms with Crippen LogP contribution in [-0.2, 0) is 11.2 Å². The van der Waals surface area contributed by atoms with E-state index in [1.165, 1.54) is 5.56 Å². The van der Waals surface area contributed by atoms with Crippen LogP contribution in [0.1, 0.15) is 12.0 Å². The first-order valence-electron chi connectivity index (χ1n) is 8.21. The van der Waals surface area contributed by atoms with E-state index in [1.54, 1.807) is 44.8 Å². The SMILES string of the molecule is COc1ccc(NC(=O)CCN(C)CCc2ccncc2)c(OC)c1. The molecule has 0 aliphatic carbocycles. The molecule has 1 amide bonds. The summed E-state index contributed by atoms with van der Waals surface area (Å²) in [5, 5.41) is 2.89. The zero-order valence-electron chi connectivity index (χ0n) is 15.0. The van der Waals surface area contributed by atoms with Gasteiger partial charge in [0.1, 0.15) is 11.5 Å². The second-order valence-electron chi connectivity index (χ2n) is 5.77. The van der Waals surface area contributed by atoms with E-state index in [0.717, 1.165) is 13.0 Å². The Kier molecular flexibility index (Phi) is 7.22. The van der Waals surface area contributed by atoms with Crippen LogP contribution in [0.4, 0.5) is 5.69 Å². The second kappa shape index (κ2) is 9.64. The van der Waals surface area contributed by atoms with E-state index in [9.17, 15) is 4.79 Å². The summed E-state index contributed by atoms with van der Waals surface area (Å²) >= 11 is 0. The molecule has 0 saturated carbocycles. The second-order valence-corrected chi connectivity index (χ2v) is 5.77. The van der Waals surface area contributed by atoms with Crippen LogP contribution >= 0.6 is 0 Å². The first kappa shape index (κ1) is 18.7.